The van der Waals surface area contributed by atoms with Crippen LogP contribution >= 0.6 is 0 Å². The molecule has 0 aliphatic heterocycles. The molecular weight excluding hydrogens is 390 g/mol. The van der Waals surface area contributed by atoms with Gasteiger partial charge in [0.1, 0.15) is 6.61 Å². The van der Waals surface area contributed by atoms with Gasteiger partial charge in [0.25, 0.3) is 0 Å². The lowest BCUT2D eigenvalue weighted by Crippen LogP contribution is -2.45. The Hall–Kier alpha value is -3.60. The second-order valence-corrected chi connectivity index (χ2v) is 8.08. The number of carbonyl (C=O) groups excluding carboxylic acids is 1. The normalized spacial score (nSPS) is 15.0. The maximum Gasteiger partial charge on any atom is 0.414 e. The standard InChI is InChI=1S/C26H23NO4/c28-25(29)22-14-5-6-15-24(22)27(17-8-7-9-17)26(30)31-16-23-20-12-3-1-10-18(20)19-11-2-4-13-21(19)23/h1-6,10-15,17,23H,7-9,16H2,(H,28,29). The van der Waals surface area contributed by atoms with E-state index < -0.39 is 12.1 Å². The van der Waals surface area contributed by atoms with Gasteiger partial charge in [0, 0.05) is 12.0 Å². The highest BCUT2D eigenvalue weighted by Gasteiger charge is 2.35. The second-order valence-electron chi connectivity index (χ2n) is 8.08. The maximum absolute atomic E-state index is 13.2. The molecule has 0 radical (unpaired) electrons. The average molecular weight is 413 g/mol. The molecule has 3 aromatic rings. The van der Waals surface area contributed by atoms with Crippen LogP contribution in [0.1, 0.15) is 46.7 Å². The maximum atomic E-state index is 13.2. The summed E-state index contributed by atoms with van der Waals surface area (Å²) in [5, 5.41) is 9.61. The van der Waals surface area contributed by atoms with Gasteiger partial charge in [0.2, 0.25) is 0 Å². The number of amides is 1. The molecule has 1 N–H and O–H groups in total. The Bertz CT molecular complexity index is 1110. The van der Waals surface area contributed by atoms with Crippen molar-refractivity contribution in [2.75, 3.05) is 11.5 Å². The summed E-state index contributed by atoms with van der Waals surface area (Å²) in [6, 6.07) is 23.0. The number of aromatic carboxylic acids is 1. The molecule has 5 rings (SSSR count). The number of carboxylic acids is 1. The molecule has 2 aliphatic carbocycles. The molecule has 31 heavy (non-hydrogen) atoms. The molecule has 1 fully saturated rings. The topological polar surface area (TPSA) is 66.8 Å². The predicted octanol–water partition coefficient (Wildman–Crippen LogP) is 5.69. The van der Waals surface area contributed by atoms with Gasteiger partial charge in [-0.3, -0.25) is 4.90 Å². The van der Waals surface area contributed by atoms with E-state index in [0.717, 1.165) is 30.4 Å². The van der Waals surface area contributed by atoms with Crippen molar-refractivity contribution < 1.29 is 19.4 Å². The van der Waals surface area contributed by atoms with Gasteiger partial charge in [-0.05, 0) is 53.6 Å². The van der Waals surface area contributed by atoms with Gasteiger partial charge in [0.05, 0.1) is 11.3 Å². The number of rotatable bonds is 5. The van der Waals surface area contributed by atoms with Crippen LogP contribution in [-0.4, -0.2) is 29.8 Å². The van der Waals surface area contributed by atoms with Crippen LogP contribution in [-0.2, 0) is 4.74 Å². The minimum absolute atomic E-state index is 0.0313. The first-order valence-corrected chi connectivity index (χ1v) is 10.6. The summed E-state index contributed by atoms with van der Waals surface area (Å²) in [7, 11) is 0. The van der Waals surface area contributed by atoms with Crippen molar-refractivity contribution in [3.8, 4) is 11.1 Å². The molecule has 0 aromatic heterocycles. The minimum Gasteiger partial charge on any atom is -0.478 e. The molecular formula is C26H23NO4. The van der Waals surface area contributed by atoms with E-state index in [0.29, 0.717) is 5.69 Å². The Morgan fingerprint density at radius 2 is 1.45 bits per heavy atom. The molecule has 0 saturated heterocycles. The van der Waals surface area contributed by atoms with E-state index in [1.165, 1.54) is 17.2 Å². The lowest BCUT2D eigenvalue weighted by atomic mass is 9.91. The summed E-state index contributed by atoms with van der Waals surface area (Å²) < 4.78 is 5.84. The number of benzene rings is 3. The van der Waals surface area contributed by atoms with Crippen molar-refractivity contribution in [2.45, 2.75) is 31.2 Å². The van der Waals surface area contributed by atoms with Crippen molar-refractivity contribution in [1.29, 1.82) is 0 Å². The molecule has 1 saturated carbocycles. The molecule has 0 atom stereocenters. The van der Waals surface area contributed by atoms with Crippen molar-refractivity contribution >= 4 is 17.7 Å². The van der Waals surface area contributed by atoms with Gasteiger partial charge in [-0.15, -0.1) is 0 Å². The van der Waals surface area contributed by atoms with E-state index in [1.807, 2.05) is 24.3 Å². The van der Waals surface area contributed by atoms with Crippen LogP contribution in [0.5, 0.6) is 0 Å². The van der Waals surface area contributed by atoms with Crippen molar-refractivity contribution in [1.82, 2.24) is 0 Å². The second kappa shape index (κ2) is 7.91. The predicted molar refractivity (Wildman–Crippen MR) is 119 cm³/mol. The van der Waals surface area contributed by atoms with E-state index in [-0.39, 0.29) is 24.1 Å². The zero-order valence-electron chi connectivity index (χ0n) is 17.0. The zero-order chi connectivity index (χ0) is 21.4. The summed E-state index contributed by atoms with van der Waals surface area (Å²) in [6.45, 7) is 0.214. The smallest absolute Gasteiger partial charge is 0.414 e. The molecule has 1 amide bonds. The van der Waals surface area contributed by atoms with Gasteiger partial charge >= 0.3 is 12.1 Å². The fourth-order valence-electron chi connectivity index (χ4n) is 4.62. The number of ether oxygens (including phenoxy) is 1. The van der Waals surface area contributed by atoms with Crippen molar-refractivity contribution in [3.05, 3.63) is 89.5 Å². The van der Waals surface area contributed by atoms with Crippen molar-refractivity contribution in [2.24, 2.45) is 0 Å². The molecule has 3 aromatic carbocycles. The summed E-state index contributed by atoms with van der Waals surface area (Å²) in [5.41, 5.74) is 5.16. The van der Waals surface area contributed by atoms with Crippen LogP contribution in [0.2, 0.25) is 0 Å². The average Bonchev–Trinajstić information content (AvgIpc) is 3.08. The van der Waals surface area contributed by atoms with Gasteiger partial charge in [0.15, 0.2) is 0 Å². The van der Waals surface area contributed by atoms with Gasteiger partial charge in [-0.25, -0.2) is 9.59 Å². The van der Waals surface area contributed by atoms with Crippen LogP contribution in [0.3, 0.4) is 0 Å². The molecule has 0 spiro atoms. The van der Waals surface area contributed by atoms with Gasteiger partial charge < -0.3 is 9.84 Å². The molecule has 5 heteroatoms. The molecule has 0 bridgehead atoms. The third-order valence-corrected chi connectivity index (χ3v) is 6.37. The van der Waals surface area contributed by atoms with Crippen LogP contribution < -0.4 is 4.90 Å². The molecule has 5 nitrogen and oxygen atoms in total. The first-order chi connectivity index (χ1) is 15.1. The van der Waals surface area contributed by atoms with Gasteiger partial charge in [-0.1, -0.05) is 60.7 Å². The Balaban J connectivity index is 1.42. The SMILES string of the molecule is O=C(O)c1ccccc1N(C(=O)OCC1c2ccccc2-c2ccccc21)C1CCC1. The summed E-state index contributed by atoms with van der Waals surface area (Å²) in [6.07, 6.45) is 2.23. The number of fused-ring (bicyclic) bond motifs is 3. The van der Waals surface area contributed by atoms with E-state index in [1.54, 1.807) is 23.1 Å². The number of para-hydroxylation sites is 1. The first-order valence-electron chi connectivity index (χ1n) is 10.6. The Kier molecular flexibility index (Phi) is 4.94. The lowest BCUT2D eigenvalue weighted by Gasteiger charge is -2.37. The highest BCUT2D eigenvalue weighted by atomic mass is 16.6. The van der Waals surface area contributed by atoms with E-state index in [2.05, 4.69) is 24.3 Å². The monoisotopic (exact) mass is 413 g/mol. The third-order valence-electron chi connectivity index (χ3n) is 6.37. The largest absolute Gasteiger partial charge is 0.478 e. The van der Waals surface area contributed by atoms with Gasteiger partial charge in [-0.2, -0.15) is 0 Å². The number of carbonyl (C=O) groups is 2. The molecule has 2 aliphatic rings. The fourth-order valence-corrected chi connectivity index (χ4v) is 4.62. The van der Waals surface area contributed by atoms with Crippen LogP contribution in [0.25, 0.3) is 11.1 Å². The van der Waals surface area contributed by atoms with Crippen LogP contribution in [0.4, 0.5) is 10.5 Å². The first kappa shape index (κ1) is 19.4. The van der Waals surface area contributed by atoms with Crippen LogP contribution in [0.15, 0.2) is 72.8 Å². The number of anilines is 1. The quantitative estimate of drug-likeness (QED) is 0.583. The molecule has 0 unspecified atom stereocenters. The molecule has 156 valence electrons. The summed E-state index contributed by atoms with van der Waals surface area (Å²) in [5.74, 6) is -1.08. The zero-order valence-corrected chi connectivity index (χ0v) is 17.0. The highest BCUT2D eigenvalue weighted by Crippen LogP contribution is 2.44. The van der Waals surface area contributed by atoms with E-state index in [4.69, 9.17) is 4.74 Å². The summed E-state index contributed by atoms with van der Waals surface area (Å²) >= 11 is 0. The highest BCUT2D eigenvalue weighted by molar-refractivity contribution is 6.00. The Labute approximate surface area is 180 Å². The fraction of sp³-hybridized carbons (Fsp3) is 0.231. The third kappa shape index (κ3) is 3.36. The van der Waals surface area contributed by atoms with Crippen LogP contribution in [0, 0.1) is 0 Å². The number of hydrogen-bond acceptors (Lipinski definition) is 3. The molecule has 0 heterocycles. The lowest BCUT2D eigenvalue weighted by molar-refractivity contribution is 0.0697. The number of hydrogen-bond donors (Lipinski definition) is 1. The van der Waals surface area contributed by atoms with E-state index >= 15 is 0 Å². The minimum atomic E-state index is -1.05. The number of carboxylic acid groups (broad SMARTS) is 1. The number of nitrogens with zero attached hydrogens (tertiary/aromatic N) is 1. The summed E-state index contributed by atoms with van der Waals surface area (Å²) in [4.78, 5) is 26.5. The van der Waals surface area contributed by atoms with E-state index in [9.17, 15) is 14.7 Å². The van der Waals surface area contributed by atoms with Crippen molar-refractivity contribution in [3.63, 3.8) is 0 Å². The Morgan fingerprint density at radius 1 is 0.871 bits per heavy atom. The Morgan fingerprint density at radius 3 is 2.03 bits per heavy atom.